The number of nitrogens with zero attached hydrogens (tertiary/aromatic N) is 3. The van der Waals surface area contributed by atoms with Gasteiger partial charge in [-0.15, -0.1) is 0 Å². The van der Waals surface area contributed by atoms with Crippen molar-refractivity contribution in [2.75, 3.05) is 11.5 Å². The number of fused-ring (bicyclic) bond motifs is 1. The van der Waals surface area contributed by atoms with Crippen molar-refractivity contribution in [1.82, 2.24) is 9.55 Å². The highest BCUT2D eigenvalue weighted by molar-refractivity contribution is 5.95. The molecule has 0 aliphatic heterocycles. The number of para-hydroxylation sites is 2. The van der Waals surface area contributed by atoms with Crippen LogP contribution in [0.5, 0.6) is 0 Å². The zero-order valence-electron chi connectivity index (χ0n) is 17.4. The van der Waals surface area contributed by atoms with Gasteiger partial charge in [0.05, 0.1) is 17.3 Å². The van der Waals surface area contributed by atoms with Gasteiger partial charge in [0.2, 0.25) is 0 Å². The van der Waals surface area contributed by atoms with E-state index in [1.807, 2.05) is 56.3 Å². The van der Waals surface area contributed by atoms with Gasteiger partial charge in [0, 0.05) is 25.2 Å². The Labute approximate surface area is 174 Å². The third kappa shape index (κ3) is 4.74. The molecule has 0 spiro atoms. The molecular weight excluding hydrogens is 382 g/mol. The van der Waals surface area contributed by atoms with Crippen molar-refractivity contribution in [3.05, 3.63) is 70.8 Å². The van der Waals surface area contributed by atoms with Crippen molar-refractivity contribution in [3.8, 4) is 0 Å². The molecule has 156 valence electrons. The SMILES string of the molecule is CC(C)N(C(=O)COC(=O)CCc1nc(=O)c2ccccc2n1C)c1ccccc1. The largest absolute Gasteiger partial charge is 0.456 e. The van der Waals surface area contributed by atoms with Crippen molar-refractivity contribution in [1.29, 1.82) is 0 Å². The molecule has 1 amide bonds. The van der Waals surface area contributed by atoms with Gasteiger partial charge in [-0.1, -0.05) is 30.3 Å². The number of benzene rings is 2. The Kier molecular flexibility index (Phi) is 6.61. The maximum absolute atomic E-state index is 12.6. The maximum atomic E-state index is 12.6. The molecule has 0 saturated heterocycles. The van der Waals surface area contributed by atoms with Crippen molar-refractivity contribution < 1.29 is 14.3 Å². The Morgan fingerprint density at radius 3 is 2.43 bits per heavy atom. The summed E-state index contributed by atoms with van der Waals surface area (Å²) in [4.78, 5) is 42.7. The summed E-state index contributed by atoms with van der Waals surface area (Å²) in [5, 5.41) is 0.534. The van der Waals surface area contributed by atoms with E-state index in [0.29, 0.717) is 11.2 Å². The molecule has 7 heteroatoms. The number of aryl methyl sites for hydroxylation is 2. The molecule has 30 heavy (non-hydrogen) atoms. The first-order chi connectivity index (χ1) is 14.4. The van der Waals surface area contributed by atoms with E-state index in [1.54, 1.807) is 28.6 Å². The van der Waals surface area contributed by atoms with Gasteiger partial charge >= 0.3 is 5.97 Å². The fraction of sp³-hybridized carbons (Fsp3) is 0.304. The average Bonchev–Trinajstić information content (AvgIpc) is 2.74. The van der Waals surface area contributed by atoms with E-state index >= 15 is 0 Å². The molecule has 7 nitrogen and oxygen atoms in total. The second-order valence-corrected chi connectivity index (χ2v) is 7.26. The van der Waals surface area contributed by atoms with Crippen LogP contribution in [0.4, 0.5) is 5.69 Å². The highest BCUT2D eigenvalue weighted by Crippen LogP contribution is 2.17. The highest BCUT2D eigenvalue weighted by atomic mass is 16.5. The zero-order valence-corrected chi connectivity index (χ0v) is 17.4. The summed E-state index contributed by atoms with van der Waals surface area (Å²) in [6.07, 6.45) is 0.273. The Balaban J connectivity index is 1.61. The quantitative estimate of drug-likeness (QED) is 0.563. The Morgan fingerprint density at radius 2 is 1.73 bits per heavy atom. The number of carbonyl (C=O) groups excluding carboxylic acids is 2. The first-order valence-electron chi connectivity index (χ1n) is 9.86. The van der Waals surface area contributed by atoms with Crippen LogP contribution >= 0.6 is 0 Å². The normalized spacial score (nSPS) is 10.9. The summed E-state index contributed by atoms with van der Waals surface area (Å²) in [7, 11) is 1.80. The van der Waals surface area contributed by atoms with Gasteiger partial charge in [0.25, 0.3) is 11.5 Å². The molecule has 3 aromatic rings. The van der Waals surface area contributed by atoms with Gasteiger partial charge in [-0.05, 0) is 38.1 Å². The van der Waals surface area contributed by atoms with Crippen LogP contribution in [-0.4, -0.2) is 34.1 Å². The number of ether oxygens (including phenoxy) is 1. The van der Waals surface area contributed by atoms with Gasteiger partial charge in [0.15, 0.2) is 6.61 Å². The molecule has 0 bridgehead atoms. The third-order valence-electron chi connectivity index (χ3n) is 4.84. The Bertz CT molecular complexity index is 1110. The maximum Gasteiger partial charge on any atom is 0.306 e. The minimum Gasteiger partial charge on any atom is -0.456 e. The van der Waals surface area contributed by atoms with Gasteiger partial charge in [0.1, 0.15) is 5.82 Å². The number of amides is 1. The monoisotopic (exact) mass is 407 g/mol. The predicted molar refractivity (Wildman–Crippen MR) is 115 cm³/mol. The van der Waals surface area contributed by atoms with Crippen LogP contribution in [-0.2, 0) is 27.8 Å². The van der Waals surface area contributed by atoms with Crippen molar-refractivity contribution in [2.45, 2.75) is 32.7 Å². The molecule has 2 aromatic carbocycles. The number of rotatable bonds is 7. The lowest BCUT2D eigenvalue weighted by molar-refractivity contribution is -0.147. The van der Waals surface area contributed by atoms with Gasteiger partial charge in [-0.2, -0.15) is 4.98 Å². The van der Waals surface area contributed by atoms with E-state index in [-0.39, 0.29) is 37.0 Å². The summed E-state index contributed by atoms with van der Waals surface area (Å²) >= 11 is 0. The van der Waals surface area contributed by atoms with E-state index < -0.39 is 5.97 Å². The fourth-order valence-corrected chi connectivity index (χ4v) is 3.38. The molecule has 1 aromatic heterocycles. The van der Waals surface area contributed by atoms with Crippen molar-refractivity contribution in [3.63, 3.8) is 0 Å². The minimum absolute atomic E-state index is 0.0267. The Morgan fingerprint density at radius 1 is 1.07 bits per heavy atom. The van der Waals surface area contributed by atoms with Gasteiger partial charge in [-0.25, -0.2) is 0 Å². The number of anilines is 1. The van der Waals surface area contributed by atoms with E-state index in [1.165, 1.54) is 0 Å². The molecular formula is C23H25N3O4. The summed E-state index contributed by atoms with van der Waals surface area (Å²) < 4.78 is 6.99. The lowest BCUT2D eigenvalue weighted by atomic mass is 10.2. The first kappa shape index (κ1) is 21.2. The standard InChI is InChI=1S/C23H25N3O4/c1-16(2)26(17-9-5-4-6-10-17)21(27)15-30-22(28)14-13-20-24-23(29)18-11-7-8-12-19(18)25(20)3/h4-12,16H,13-15H2,1-3H3. The predicted octanol–water partition coefficient (Wildman–Crippen LogP) is 2.85. The first-order valence-corrected chi connectivity index (χ1v) is 9.86. The molecule has 3 rings (SSSR count). The number of hydrogen-bond acceptors (Lipinski definition) is 5. The van der Waals surface area contributed by atoms with E-state index in [0.717, 1.165) is 11.2 Å². The van der Waals surface area contributed by atoms with Crippen LogP contribution in [0.1, 0.15) is 26.1 Å². The second-order valence-electron chi connectivity index (χ2n) is 7.26. The molecule has 0 N–H and O–H groups in total. The number of hydrogen-bond donors (Lipinski definition) is 0. The Hall–Kier alpha value is -3.48. The van der Waals surface area contributed by atoms with Crippen LogP contribution < -0.4 is 10.5 Å². The number of esters is 1. The van der Waals surface area contributed by atoms with Gasteiger partial charge < -0.3 is 14.2 Å². The molecule has 0 atom stereocenters. The average molecular weight is 407 g/mol. The van der Waals surface area contributed by atoms with E-state index in [2.05, 4.69) is 4.98 Å². The van der Waals surface area contributed by atoms with Crippen LogP contribution in [0.15, 0.2) is 59.4 Å². The van der Waals surface area contributed by atoms with Crippen molar-refractivity contribution >= 4 is 28.5 Å². The van der Waals surface area contributed by atoms with Crippen LogP contribution in [0.3, 0.4) is 0 Å². The fourth-order valence-electron chi connectivity index (χ4n) is 3.38. The van der Waals surface area contributed by atoms with E-state index in [4.69, 9.17) is 4.74 Å². The molecule has 0 aliphatic carbocycles. The third-order valence-corrected chi connectivity index (χ3v) is 4.84. The summed E-state index contributed by atoms with van der Waals surface area (Å²) in [5.74, 6) is -0.307. The summed E-state index contributed by atoms with van der Waals surface area (Å²) in [6, 6.07) is 16.4. The molecule has 0 radical (unpaired) electrons. The molecule has 0 fully saturated rings. The van der Waals surface area contributed by atoms with Crippen molar-refractivity contribution in [2.24, 2.45) is 7.05 Å². The van der Waals surface area contributed by atoms with Gasteiger partial charge in [-0.3, -0.25) is 14.4 Å². The smallest absolute Gasteiger partial charge is 0.306 e. The van der Waals surface area contributed by atoms with Crippen LogP contribution in [0.25, 0.3) is 10.9 Å². The highest BCUT2D eigenvalue weighted by Gasteiger charge is 2.20. The minimum atomic E-state index is -0.512. The lowest BCUT2D eigenvalue weighted by Gasteiger charge is -2.26. The molecule has 0 aliphatic rings. The van der Waals surface area contributed by atoms with E-state index in [9.17, 15) is 14.4 Å². The van der Waals surface area contributed by atoms with Crippen LogP contribution in [0, 0.1) is 0 Å². The summed E-state index contributed by atoms with van der Waals surface area (Å²) in [5.41, 5.74) is 1.19. The molecule has 1 heterocycles. The molecule has 0 unspecified atom stereocenters. The van der Waals surface area contributed by atoms with Crippen LogP contribution in [0.2, 0.25) is 0 Å². The zero-order chi connectivity index (χ0) is 21.7. The molecule has 0 saturated carbocycles. The second kappa shape index (κ2) is 9.35. The lowest BCUT2D eigenvalue weighted by Crippen LogP contribution is -2.39. The number of aromatic nitrogens is 2. The summed E-state index contributed by atoms with van der Waals surface area (Å²) in [6.45, 7) is 3.47. The topological polar surface area (TPSA) is 81.5 Å². The number of carbonyl (C=O) groups is 2.